The average molecular weight is 265 g/mol. The highest BCUT2D eigenvalue weighted by atomic mass is 35.5. The van der Waals surface area contributed by atoms with Crippen LogP contribution in [0.4, 0.5) is 0 Å². The van der Waals surface area contributed by atoms with Crippen molar-refractivity contribution in [3.05, 3.63) is 34.3 Å². The van der Waals surface area contributed by atoms with Crippen molar-refractivity contribution in [2.45, 2.75) is 39.2 Å². The molecule has 0 radical (unpaired) electrons. The molecule has 3 nitrogen and oxygen atoms in total. The third-order valence-electron chi connectivity index (χ3n) is 3.08. The first-order chi connectivity index (χ1) is 8.46. The van der Waals surface area contributed by atoms with Crippen LogP contribution in [0.25, 0.3) is 0 Å². The van der Waals surface area contributed by atoms with E-state index in [0.717, 1.165) is 5.56 Å². The summed E-state index contributed by atoms with van der Waals surface area (Å²) in [6.07, 6.45) is 1.15. The Morgan fingerprint density at radius 3 is 2.44 bits per heavy atom. The van der Waals surface area contributed by atoms with Crippen molar-refractivity contribution in [3.63, 3.8) is 0 Å². The van der Waals surface area contributed by atoms with Gasteiger partial charge in [0.1, 0.15) is 5.54 Å². The fourth-order valence-corrected chi connectivity index (χ4v) is 2.06. The third kappa shape index (κ3) is 3.24. The lowest BCUT2D eigenvalue weighted by atomic mass is 9.94. The van der Waals surface area contributed by atoms with Crippen LogP contribution >= 0.6 is 11.6 Å². The number of aryl methyl sites for hydroxylation is 1. The summed E-state index contributed by atoms with van der Waals surface area (Å²) in [5.41, 5.74) is 0.609. The number of nitrogens with one attached hydrogen (secondary N) is 1. The molecule has 0 fully saturated rings. The molecule has 0 bridgehead atoms. The Labute approximate surface area is 113 Å². The van der Waals surface area contributed by atoms with Crippen molar-refractivity contribution in [3.8, 4) is 6.07 Å². The first kappa shape index (κ1) is 14.5. The Bertz CT molecular complexity index is 467. The van der Waals surface area contributed by atoms with Crippen molar-refractivity contribution in [1.29, 1.82) is 5.26 Å². The quantitative estimate of drug-likeness (QED) is 0.905. The molecule has 0 spiro atoms. The summed E-state index contributed by atoms with van der Waals surface area (Å²) < 4.78 is 0. The molecule has 0 aliphatic heterocycles. The zero-order valence-corrected chi connectivity index (χ0v) is 11.6. The van der Waals surface area contributed by atoms with Crippen molar-refractivity contribution in [2.24, 2.45) is 0 Å². The standard InChI is InChI=1S/C14H17ClN2O/c1-4-14(5-2,9-16)17-13(18)11-6-10(3)7-12(15)8-11/h6-8H,4-5H2,1-3H3,(H,17,18). The van der Waals surface area contributed by atoms with Crippen LogP contribution < -0.4 is 5.32 Å². The number of halogens is 1. The van der Waals surface area contributed by atoms with Crippen molar-refractivity contribution < 1.29 is 4.79 Å². The third-order valence-corrected chi connectivity index (χ3v) is 3.30. The highest BCUT2D eigenvalue weighted by Gasteiger charge is 2.28. The molecule has 0 atom stereocenters. The van der Waals surface area contributed by atoms with Gasteiger partial charge < -0.3 is 5.32 Å². The van der Waals surface area contributed by atoms with E-state index in [1.54, 1.807) is 18.2 Å². The first-order valence-corrected chi connectivity index (χ1v) is 6.35. The summed E-state index contributed by atoms with van der Waals surface area (Å²) in [7, 11) is 0. The second-order valence-electron chi connectivity index (χ2n) is 4.37. The van der Waals surface area contributed by atoms with Gasteiger partial charge in [-0.05, 0) is 43.5 Å². The van der Waals surface area contributed by atoms with Crippen LogP contribution in [-0.4, -0.2) is 11.4 Å². The maximum Gasteiger partial charge on any atom is 0.252 e. The number of hydrogen-bond acceptors (Lipinski definition) is 2. The van der Waals surface area contributed by atoms with Gasteiger partial charge in [0.2, 0.25) is 0 Å². The minimum absolute atomic E-state index is 0.258. The zero-order valence-electron chi connectivity index (χ0n) is 10.9. The summed E-state index contributed by atoms with van der Waals surface area (Å²) in [4.78, 5) is 12.1. The molecule has 1 amide bonds. The van der Waals surface area contributed by atoms with Crippen LogP contribution in [0, 0.1) is 18.3 Å². The van der Waals surface area contributed by atoms with Gasteiger partial charge >= 0.3 is 0 Å². The lowest BCUT2D eigenvalue weighted by molar-refractivity contribution is 0.0915. The lowest BCUT2D eigenvalue weighted by Gasteiger charge is -2.25. The smallest absolute Gasteiger partial charge is 0.252 e. The molecule has 0 aliphatic carbocycles. The Hall–Kier alpha value is -1.53. The van der Waals surface area contributed by atoms with Gasteiger partial charge in [-0.25, -0.2) is 0 Å². The van der Waals surface area contributed by atoms with Crippen LogP contribution in [-0.2, 0) is 0 Å². The molecule has 0 saturated carbocycles. The van der Waals surface area contributed by atoms with Crippen LogP contribution in [0.2, 0.25) is 5.02 Å². The molecule has 0 aromatic heterocycles. The zero-order chi connectivity index (χ0) is 13.8. The molecular weight excluding hydrogens is 248 g/mol. The molecule has 4 heteroatoms. The van der Waals surface area contributed by atoms with Gasteiger partial charge in [0.05, 0.1) is 6.07 Å². The van der Waals surface area contributed by atoms with E-state index in [4.69, 9.17) is 11.6 Å². The van der Waals surface area contributed by atoms with Gasteiger partial charge in [-0.15, -0.1) is 0 Å². The fraction of sp³-hybridized carbons (Fsp3) is 0.429. The fourth-order valence-electron chi connectivity index (χ4n) is 1.77. The summed E-state index contributed by atoms with van der Waals surface area (Å²) in [5, 5.41) is 12.5. The highest BCUT2D eigenvalue weighted by molar-refractivity contribution is 6.31. The topological polar surface area (TPSA) is 52.9 Å². The Balaban J connectivity index is 2.98. The normalized spacial score (nSPS) is 10.8. The number of carbonyl (C=O) groups excluding carboxylic acids is 1. The summed E-state index contributed by atoms with van der Waals surface area (Å²) >= 11 is 5.92. The maximum atomic E-state index is 12.1. The molecule has 0 saturated heterocycles. The molecule has 0 heterocycles. The van der Waals surface area contributed by atoms with Crippen LogP contribution in [0.3, 0.4) is 0 Å². The monoisotopic (exact) mass is 264 g/mol. The SMILES string of the molecule is CCC(C#N)(CC)NC(=O)c1cc(C)cc(Cl)c1. The molecule has 0 unspecified atom stereocenters. The maximum absolute atomic E-state index is 12.1. The van der Waals surface area contributed by atoms with Gasteiger partial charge in [-0.2, -0.15) is 5.26 Å². The van der Waals surface area contributed by atoms with Crippen LogP contribution in [0.15, 0.2) is 18.2 Å². The predicted octanol–water partition coefficient (Wildman–Crippen LogP) is 3.46. The highest BCUT2D eigenvalue weighted by Crippen LogP contribution is 2.18. The Kier molecular flexibility index (Phi) is 4.75. The van der Waals surface area contributed by atoms with Gasteiger partial charge in [-0.1, -0.05) is 25.4 Å². The van der Waals surface area contributed by atoms with E-state index in [9.17, 15) is 10.1 Å². The molecule has 1 N–H and O–H groups in total. The summed E-state index contributed by atoms with van der Waals surface area (Å²) in [6, 6.07) is 7.33. The van der Waals surface area contributed by atoms with E-state index in [-0.39, 0.29) is 5.91 Å². The first-order valence-electron chi connectivity index (χ1n) is 5.97. The minimum Gasteiger partial charge on any atom is -0.334 e. The number of carbonyl (C=O) groups is 1. The lowest BCUT2D eigenvalue weighted by Crippen LogP contribution is -2.46. The molecule has 96 valence electrons. The van der Waals surface area contributed by atoms with Crippen LogP contribution in [0.5, 0.6) is 0 Å². The van der Waals surface area contributed by atoms with Gasteiger partial charge in [0.25, 0.3) is 5.91 Å². The van der Waals surface area contributed by atoms with E-state index in [0.29, 0.717) is 23.4 Å². The molecule has 0 aliphatic rings. The number of nitriles is 1. The molecule has 1 aromatic carbocycles. The van der Waals surface area contributed by atoms with Crippen molar-refractivity contribution >= 4 is 17.5 Å². The molecule has 1 rings (SSSR count). The summed E-state index contributed by atoms with van der Waals surface area (Å²) in [6.45, 7) is 5.65. The summed E-state index contributed by atoms with van der Waals surface area (Å²) in [5.74, 6) is -0.258. The van der Waals surface area contributed by atoms with E-state index in [1.807, 2.05) is 20.8 Å². The van der Waals surface area contributed by atoms with Gasteiger partial charge in [0, 0.05) is 10.6 Å². The largest absolute Gasteiger partial charge is 0.334 e. The predicted molar refractivity (Wildman–Crippen MR) is 72.6 cm³/mol. The second-order valence-corrected chi connectivity index (χ2v) is 4.81. The van der Waals surface area contributed by atoms with E-state index in [2.05, 4.69) is 11.4 Å². The van der Waals surface area contributed by atoms with Crippen molar-refractivity contribution in [2.75, 3.05) is 0 Å². The number of hydrogen-bond donors (Lipinski definition) is 1. The molecular formula is C14H17ClN2O. The Morgan fingerprint density at radius 2 is 2.00 bits per heavy atom. The minimum atomic E-state index is -0.798. The molecule has 1 aromatic rings. The second kappa shape index (κ2) is 5.88. The van der Waals surface area contributed by atoms with Crippen LogP contribution in [0.1, 0.15) is 42.6 Å². The number of benzene rings is 1. The number of rotatable bonds is 4. The Morgan fingerprint density at radius 1 is 1.39 bits per heavy atom. The van der Waals surface area contributed by atoms with Gasteiger partial charge in [0.15, 0.2) is 0 Å². The average Bonchev–Trinajstić information content (AvgIpc) is 2.35. The van der Waals surface area contributed by atoms with Gasteiger partial charge in [-0.3, -0.25) is 4.79 Å². The van der Waals surface area contributed by atoms with E-state index in [1.165, 1.54) is 0 Å². The van der Waals surface area contributed by atoms with E-state index >= 15 is 0 Å². The number of amides is 1. The molecule has 18 heavy (non-hydrogen) atoms. The van der Waals surface area contributed by atoms with Crippen molar-refractivity contribution in [1.82, 2.24) is 5.32 Å². The van der Waals surface area contributed by atoms with E-state index < -0.39 is 5.54 Å². The number of nitrogens with zero attached hydrogens (tertiary/aromatic N) is 1.